The van der Waals surface area contributed by atoms with Gasteiger partial charge in [-0.2, -0.15) is 23.7 Å². The summed E-state index contributed by atoms with van der Waals surface area (Å²) in [5.74, 6) is -0.352. The van der Waals surface area contributed by atoms with Gasteiger partial charge in [0.15, 0.2) is 0 Å². The Labute approximate surface area is 203 Å². The Bertz CT molecular complexity index is 992. The van der Waals surface area contributed by atoms with Crippen LogP contribution in [0.4, 0.5) is 23.7 Å². The van der Waals surface area contributed by atoms with Gasteiger partial charge in [-0.15, -0.1) is 0 Å². The summed E-state index contributed by atoms with van der Waals surface area (Å²) < 4.78 is 44.7. The van der Waals surface area contributed by atoms with Crippen molar-refractivity contribution in [1.29, 1.82) is 10.5 Å². The van der Waals surface area contributed by atoms with Gasteiger partial charge in [0.1, 0.15) is 17.7 Å². The minimum atomic E-state index is -4.64. The van der Waals surface area contributed by atoms with Crippen molar-refractivity contribution in [3.05, 3.63) is 29.3 Å². The number of unbranched alkanes of at least 4 members (excludes halogenated alkanes) is 1. The summed E-state index contributed by atoms with van der Waals surface area (Å²) in [4.78, 5) is 26.8. The number of alkyl halides is 3. The number of carbonyl (C=O) groups excluding carboxylic acids is 2. The summed E-state index contributed by atoms with van der Waals surface area (Å²) in [7, 11) is 0. The lowest BCUT2D eigenvalue weighted by Crippen LogP contribution is -2.50. The molecule has 0 saturated carbocycles. The maximum absolute atomic E-state index is 13.1. The van der Waals surface area contributed by atoms with Crippen molar-refractivity contribution in [2.75, 3.05) is 18.4 Å². The molecule has 0 radical (unpaired) electrons. The van der Waals surface area contributed by atoms with Crippen LogP contribution in [0, 0.1) is 22.7 Å². The molecule has 1 aromatic carbocycles. The molecule has 8 nitrogen and oxygen atoms in total. The van der Waals surface area contributed by atoms with E-state index < -0.39 is 41.1 Å². The molecule has 2 amide bonds. The lowest BCUT2D eigenvalue weighted by atomic mass is 10.1. The van der Waals surface area contributed by atoms with E-state index in [9.17, 15) is 28.0 Å². The second-order valence-electron chi connectivity index (χ2n) is 9.31. The smallest absolute Gasteiger partial charge is 0.417 e. The third-order valence-electron chi connectivity index (χ3n) is 5.37. The van der Waals surface area contributed by atoms with Gasteiger partial charge in [-0.3, -0.25) is 4.79 Å². The van der Waals surface area contributed by atoms with E-state index in [0.29, 0.717) is 38.8 Å². The number of carbonyl (C=O) groups is 2. The fourth-order valence-corrected chi connectivity index (χ4v) is 3.76. The SMILES string of the molecule is CC(C)(C)OC(=O)N[C@@H](CCCCNc1ccc(C#N)c(C(F)(F)F)c1)C(=O)N1CCC[C@H]1C#N. The zero-order chi connectivity index (χ0) is 26.2. The number of benzene rings is 1. The van der Waals surface area contributed by atoms with Gasteiger partial charge < -0.3 is 20.3 Å². The Morgan fingerprint density at radius 1 is 1.23 bits per heavy atom. The molecule has 1 aliphatic rings. The van der Waals surface area contributed by atoms with Gasteiger partial charge in [-0.05, 0) is 71.1 Å². The first kappa shape index (κ1) is 27.8. The molecule has 2 rings (SSSR count). The molecule has 1 aromatic rings. The molecule has 0 spiro atoms. The average Bonchev–Trinajstić information content (AvgIpc) is 3.24. The van der Waals surface area contributed by atoms with Gasteiger partial charge >= 0.3 is 12.3 Å². The number of alkyl carbamates (subject to hydrolysis) is 1. The molecule has 0 bridgehead atoms. The molecule has 1 aliphatic heterocycles. The van der Waals surface area contributed by atoms with Crippen LogP contribution in [0.15, 0.2) is 18.2 Å². The van der Waals surface area contributed by atoms with Crippen molar-refractivity contribution in [1.82, 2.24) is 10.2 Å². The average molecular weight is 494 g/mol. The van der Waals surface area contributed by atoms with E-state index in [1.165, 1.54) is 11.0 Å². The summed E-state index contributed by atoms with van der Waals surface area (Å²) in [6.45, 7) is 5.87. The van der Waals surface area contributed by atoms with Gasteiger partial charge in [0.05, 0.1) is 23.3 Å². The topological polar surface area (TPSA) is 118 Å². The number of nitriles is 2. The first-order chi connectivity index (χ1) is 16.4. The molecular weight excluding hydrogens is 463 g/mol. The predicted molar refractivity (Wildman–Crippen MR) is 122 cm³/mol. The van der Waals surface area contributed by atoms with Crippen LogP contribution in [0.2, 0.25) is 0 Å². The molecule has 2 atom stereocenters. The van der Waals surface area contributed by atoms with Crippen molar-refractivity contribution < 1.29 is 27.5 Å². The van der Waals surface area contributed by atoms with Crippen molar-refractivity contribution in [2.45, 2.75) is 76.7 Å². The third kappa shape index (κ3) is 8.36. The Morgan fingerprint density at radius 3 is 2.54 bits per heavy atom. The molecule has 1 fully saturated rings. The molecule has 190 valence electrons. The molecular formula is C24H30F3N5O3. The Hall–Kier alpha value is -3.47. The summed E-state index contributed by atoms with van der Waals surface area (Å²) in [5, 5.41) is 23.7. The van der Waals surface area contributed by atoms with Crippen molar-refractivity contribution in [3.63, 3.8) is 0 Å². The summed E-state index contributed by atoms with van der Waals surface area (Å²) in [5.41, 5.74) is -1.98. The minimum Gasteiger partial charge on any atom is -0.444 e. The van der Waals surface area contributed by atoms with Gasteiger partial charge in [-0.25, -0.2) is 4.79 Å². The van der Waals surface area contributed by atoms with Crippen LogP contribution < -0.4 is 10.6 Å². The van der Waals surface area contributed by atoms with Crippen LogP contribution in [0.1, 0.15) is 64.0 Å². The molecule has 1 heterocycles. The van der Waals surface area contributed by atoms with Crippen LogP contribution in [0.25, 0.3) is 0 Å². The Morgan fingerprint density at radius 2 is 1.94 bits per heavy atom. The van der Waals surface area contributed by atoms with Gasteiger partial charge in [0.25, 0.3) is 0 Å². The van der Waals surface area contributed by atoms with Crippen LogP contribution in [0.5, 0.6) is 0 Å². The highest BCUT2D eigenvalue weighted by Crippen LogP contribution is 2.33. The molecule has 0 unspecified atom stereocenters. The second kappa shape index (κ2) is 11.8. The van der Waals surface area contributed by atoms with Crippen molar-refractivity contribution >= 4 is 17.7 Å². The molecule has 2 N–H and O–H groups in total. The summed E-state index contributed by atoms with van der Waals surface area (Å²) in [6.07, 6.45) is -2.84. The molecule has 1 saturated heterocycles. The summed E-state index contributed by atoms with van der Waals surface area (Å²) >= 11 is 0. The molecule has 0 aromatic heterocycles. The minimum absolute atomic E-state index is 0.227. The fourth-order valence-electron chi connectivity index (χ4n) is 3.76. The van der Waals surface area contributed by atoms with Crippen LogP contribution in [-0.2, 0) is 15.7 Å². The number of ether oxygens (including phenoxy) is 1. The number of likely N-dealkylation sites (tertiary alicyclic amines) is 1. The van der Waals surface area contributed by atoms with Gasteiger partial charge in [0.2, 0.25) is 5.91 Å². The number of hydrogen-bond donors (Lipinski definition) is 2. The van der Waals surface area contributed by atoms with Crippen LogP contribution >= 0.6 is 0 Å². The second-order valence-corrected chi connectivity index (χ2v) is 9.31. The lowest BCUT2D eigenvalue weighted by Gasteiger charge is -2.27. The highest BCUT2D eigenvalue weighted by molar-refractivity contribution is 5.86. The van der Waals surface area contributed by atoms with Gasteiger partial charge in [0, 0.05) is 18.8 Å². The van der Waals surface area contributed by atoms with Crippen LogP contribution in [-0.4, -0.2) is 47.7 Å². The number of nitrogens with zero attached hydrogens (tertiary/aromatic N) is 3. The maximum atomic E-state index is 13.1. The zero-order valence-corrected chi connectivity index (χ0v) is 20.0. The standard InChI is InChI=1S/C24H30F3N5O3/c1-23(2,3)35-22(34)31-20(21(33)32-12-6-7-18(32)15-29)8-4-5-11-30-17-10-9-16(14-28)19(13-17)24(25,26)27/h9-10,13,18,20,30H,4-8,11-12H2,1-3H3,(H,31,34)/t18-,20-/m0/s1. The largest absolute Gasteiger partial charge is 0.444 e. The van der Waals surface area contributed by atoms with E-state index >= 15 is 0 Å². The number of anilines is 1. The monoisotopic (exact) mass is 493 g/mol. The fraction of sp³-hybridized carbons (Fsp3) is 0.583. The normalized spacial score (nSPS) is 16.7. The van der Waals surface area contributed by atoms with Crippen molar-refractivity contribution in [3.8, 4) is 12.1 Å². The predicted octanol–water partition coefficient (Wildman–Crippen LogP) is 4.57. The number of halogens is 3. The lowest BCUT2D eigenvalue weighted by molar-refractivity contribution is -0.137. The van der Waals surface area contributed by atoms with E-state index in [2.05, 4.69) is 16.7 Å². The number of amides is 2. The number of nitrogens with one attached hydrogen (secondary N) is 2. The van der Waals surface area contributed by atoms with Crippen LogP contribution in [0.3, 0.4) is 0 Å². The first-order valence-corrected chi connectivity index (χ1v) is 11.4. The van der Waals surface area contributed by atoms with Gasteiger partial charge in [-0.1, -0.05) is 0 Å². The molecule has 0 aliphatic carbocycles. The van der Waals surface area contributed by atoms with E-state index in [1.807, 2.05) is 0 Å². The quantitative estimate of drug-likeness (QED) is 0.513. The van der Waals surface area contributed by atoms with E-state index in [1.54, 1.807) is 26.8 Å². The summed E-state index contributed by atoms with van der Waals surface area (Å²) in [6, 6.07) is 5.64. The highest BCUT2D eigenvalue weighted by atomic mass is 19.4. The Balaban J connectivity index is 1.97. The number of hydrogen-bond acceptors (Lipinski definition) is 6. The van der Waals surface area contributed by atoms with E-state index in [4.69, 9.17) is 10.00 Å². The molecule has 11 heteroatoms. The third-order valence-corrected chi connectivity index (χ3v) is 5.37. The van der Waals surface area contributed by atoms with E-state index in [-0.39, 0.29) is 18.0 Å². The number of rotatable bonds is 8. The van der Waals surface area contributed by atoms with Crippen molar-refractivity contribution in [2.24, 2.45) is 0 Å². The first-order valence-electron chi connectivity index (χ1n) is 11.4. The highest BCUT2D eigenvalue weighted by Gasteiger charge is 2.35. The Kier molecular flexibility index (Phi) is 9.35. The zero-order valence-electron chi connectivity index (χ0n) is 20.0. The molecule has 35 heavy (non-hydrogen) atoms. The maximum Gasteiger partial charge on any atom is 0.417 e. The van der Waals surface area contributed by atoms with E-state index in [0.717, 1.165) is 12.1 Å².